The Balaban J connectivity index is 1.75. The number of hydrogen-bond acceptors (Lipinski definition) is 5. The van der Waals surface area contributed by atoms with Gasteiger partial charge in [-0.3, -0.25) is 4.79 Å². The first-order chi connectivity index (χ1) is 10.2. The number of fused-ring (bicyclic) bond motifs is 1. The van der Waals surface area contributed by atoms with Crippen molar-refractivity contribution in [3.8, 4) is 11.5 Å². The fourth-order valence-corrected chi connectivity index (χ4v) is 2.33. The number of nitrogens with two attached hydrogens (primary N) is 1. The molecule has 4 N–H and O–H groups in total. The molecule has 0 saturated heterocycles. The van der Waals surface area contributed by atoms with Gasteiger partial charge < -0.3 is 25.7 Å². The molecule has 1 aliphatic carbocycles. The normalized spacial score (nSPS) is 19.0. The molecule has 7 nitrogen and oxygen atoms in total. The molecule has 0 radical (unpaired) electrons. The molecule has 1 saturated carbocycles. The number of carbonyl (C=O) groups excluding carboxylic acids is 1. The lowest BCUT2D eigenvalue weighted by molar-refractivity contribution is 0.0941. The molecule has 3 rings (SSSR count). The standard InChI is InChI=1S/C14H17N3O4/c15-13(17-19)12(8-1-2-8)16-14(18)9-3-4-10-11(7-9)21-6-5-20-10/h3-4,7-8,12,19H,1-2,5-6H2,(H2,15,17)(H,16,18). The number of amides is 1. The summed E-state index contributed by atoms with van der Waals surface area (Å²) in [5, 5.41) is 14.6. The second kappa shape index (κ2) is 5.51. The smallest absolute Gasteiger partial charge is 0.252 e. The van der Waals surface area contributed by atoms with Crippen LogP contribution < -0.4 is 20.5 Å². The summed E-state index contributed by atoms with van der Waals surface area (Å²) < 4.78 is 10.9. The molecule has 0 aromatic heterocycles. The molecule has 1 aromatic rings. The van der Waals surface area contributed by atoms with Crippen LogP contribution in [0.25, 0.3) is 0 Å². The van der Waals surface area contributed by atoms with E-state index in [0.29, 0.717) is 30.3 Å². The van der Waals surface area contributed by atoms with E-state index in [2.05, 4.69) is 10.5 Å². The van der Waals surface area contributed by atoms with Gasteiger partial charge in [-0.2, -0.15) is 0 Å². The highest BCUT2D eigenvalue weighted by Crippen LogP contribution is 2.33. The minimum absolute atomic E-state index is 0.0309. The molecular formula is C14H17N3O4. The summed E-state index contributed by atoms with van der Waals surface area (Å²) in [4.78, 5) is 12.3. The summed E-state index contributed by atoms with van der Waals surface area (Å²) >= 11 is 0. The van der Waals surface area contributed by atoms with Crippen molar-refractivity contribution in [2.75, 3.05) is 13.2 Å². The summed E-state index contributed by atoms with van der Waals surface area (Å²) in [5.74, 6) is 1.18. The van der Waals surface area contributed by atoms with Crippen LogP contribution in [0.3, 0.4) is 0 Å². The summed E-state index contributed by atoms with van der Waals surface area (Å²) in [5.41, 5.74) is 6.09. The molecule has 1 aromatic carbocycles. The lowest BCUT2D eigenvalue weighted by Crippen LogP contribution is -2.46. The molecule has 21 heavy (non-hydrogen) atoms. The average molecular weight is 291 g/mol. The number of nitrogens with one attached hydrogen (secondary N) is 1. The average Bonchev–Trinajstić information content (AvgIpc) is 3.35. The summed E-state index contributed by atoms with van der Waals surface area (Å²) in [6.07, 6.45) is 1.92. The third-order valence-electron chi connectivity index (χ3n) is 3.62. The van der Waals surface area contributed by atoms with Gasteiger partial charge in [0.25, 0.3) is 5.91 Å². The van der Waals surface area contributed by atoms with E-state index in [1.807, 2.05) is 0 Å². The van der Waals surface area contributed by atoms with E-state index in [1.54, 1.807) is 18.2 Å². The fourth-order valence-electron chi connectivity index (χ4n) is 2.33. The number of ether oxygens (including phenoxy) is 2. The third-order valence-corrected chi connectivity index (χ3v) is 3.62. The zero-order valence-electron chi connectivity index (χ0n) is 11.4. The van der Waals surface area contributed by atoms with E-state index in [1.165, 1.54) is 0 Å². The maximum Gasteiger partial charge on any atom is 0.252 e. The third kappa shape index (κ3) is 2.86. The van der Waals surface area contributed by atoms with Crippen molar-refractivity contribution in [3.05, 3.63) is 23.8 Å². The Morgan fingerprint density at radius 3 is 2.71 bits per heavy atom. The van der Waals surface area contributed by atoms with Gasteiger partial charge in [0.2, 0.25) is 0 Å². The van der Waals surface area contributed by atoms with E-state index in [-0.39, 0.29) is 17.7 Å². The van der Waals surface area contributed by atoms with Crippen LogP contribution in [0.1, 0.15) is 23.2 Å². The molecule has 112 valence electrons. The van der Waals surface area contributed by atoms with Gasteiger partial charge >= 0.3 is 0 Å². The van der Waals surface area contributed by atoms with Crippen LogP contribution in [-0.4, -0.2) is 36.2 Å². The Labute approximate surface area is 121 Å². The molecule has 1 atom stereocenters. The van der Waals surface area contributed by atoms with Crippen molar-refractivity contribution in [1.82, 2.24) is 5.32 Å². The van der Waals surface area contributed by atoms with Gasteiger partial charge in [-0.05, 0) is 37.0 Å². The van der Waals surface area contributed by atoms with Gasteiger partial charge in [-0.15, -0.1) is 0 Å². The predicted molar refractivity (Wildman–Crippen MR) is 74.8 cm³/mol. The van der Waals surface area contributed by atoms with Crippen LogP contribution in [-0.2, 0) is 0 Å². The molecule has 1 aliphatic heterocycles. The van der Waals surface area contributed by atoms with Crippen LogP contribution in [0.2, 0.25) is 0 Å². The van der Waals surface area contributed by atoms with Gasteiger partial charge in [0.05, 0.1) is 6.04 Å². The van der Waals surface area contributed by atoms with Crippen molar-refractivity contribution >= 4 is 11.7 Å². The quantitative estimate of drug-likeness (QED) is 0.328. The summed E-state index contributed by atoms with van der Waals surface area (Å²) in [6, 6.07) is 4.58. The van der Waals surface area contributed by atoms with E-state index >= 15 is 0 Å². The van der Waals surface area contributed by atoms with Crippen LogP contribution >= 0.6 is 0 Å². The number of rotatable bonds is 4. The largest absolute Gasteiger partial charge is 0.486 e. The van der Waals surface area contributed by atoms with Crippen LogP contribution in [0.5, 0.6) is 11.5 Å². The Hall–Kier alpha value is -2.44. The topological polar surface area (TPSA) is 106 Å². The number of benzene rings is 1. The van der Waals surface area contributed by atoms with Crippen molar-refractivity contribution in [3.63, 3.8) is 0 Å². The number of carbonyl (C=O) groups is 1. The molecule has 1 unspecified atom stereocenters. The number of oxime groups is 1. The van der Waals surface area contributed by atoms with E-state index in [9.17, 15) is 4.79 Å². The van der Waals surface area contributed by atoms with Gasteiger partial charge in [0.1, 0.15) is 13.2 Å². The van der Waals surface area contributed by atoms with Crippen molar-refractivity contribution in [2.24, 2.45) is 16.8 Å². The Morgan fingerprint density at radius 1 is 1.33 bits per heavy atom. The van der Waals surface area contributed by atoms with E-state index < -0.39 is 6.04 Å². The molecule has 1 fully saturated rings. The Bertz CT molecular complexity index is 584. The lowest BCUT2D eigenvalue weighted by atomic mass is 10.1. The Morgan fingerprint density at radius 2 is 2.05 bits per heavy atom. The maximum absolute atomic E-state index is 12.3. The summed E-state index contributed by atoms with van der Waals surface area (Å²) in [6.45, 7) is 0.971. The number of amidine groups is 1. The SMILES string of the molecule is NC(=NO)C(NC(=O)c1ccc2c(c1)OCCO2)C1CC1. The summed E-state index contributed by atoms with van der Waals surface area (Å²) in [7, 11) is 0. The second-order valence-electron chi connectivity index (χ2n) is 5.17. The van der Waals surface area contributed by atoms with Crippen molar-refractivity contribution in [2.45, 2.75) is 18.9 Å². The second-order valence-corrected chi connectivity index (χ2v) is 5.17. The van der Waals surface area contributed by atoms with Gasteiger partial charge in [-0.1, -0.05) is 5.16 Å². The first-order valence-electron chi connectivity index (χ1n) is 6.87. The first-order valence-corrected chi connectivity index (χ1v) is 6.87. The monoisotopic (exact) mass is 291 g/mol. The molecule has 0 bridgehead atoms. The zero-order valence-corrected chi connectivity index (χ0v) is 11.4. The Kier molecular flexibility index (Phi) is 3.55. The van der Waals surface area contributed by atoms with Gasteiger partial charge in [0, 0.05) is 5.56 Å². The van der Waals surface area contributed by atoms with Gasteiger partial charge in [-0.25, -0.2) is 0 Å². The number of nitrogens with zero attached hydrogens (tertiary/aromatic N) is 1. The highest BCUT2D eigenvalue weighted by Gasteiger charge is 2.35. The molecule has 2 aliphatic rings. The molecule has 7 heteroatoms. The van der Waals surface area contributed by atoms with Crippen molar-refractivity contribution in [1.29, 1.82) is 0 Å². The van der Waals surface area contributed by atoms with E-state index in [4.69, 9.17) is 20.4 Å². The zero-order chi connectivity index (χ0) is 14.8. The van der Waals surface area contributed by atoms with Crippen LogP contribution in [0.15, 0.2) is 23.4 Å². The highest BCUT2D eigenvalue weighted by molar-refractivity contribution is 5.99. The van der Waals surface area contributed by atoms with Crippen molar-refractivity contribution < 1.29 is 19.5 Å². The minimum Gasteiger partial charge on any atom is -0.486 e. The maximum atomic E-state index is 12.3. The predicted octanol–water partition coefficient (Wildman–Crippen LogP) is 0.713. The molecule has 0 spiro atoms. The number of hydrogen-bond donors (Lipinski definition) is 3. The highest BCUT2D eigenvalue weighted by atomic mass is 16.6. The van der Waals surface area contributed by atoms with E-state index in [0.717, 1.165) is 12.8 Å². The molecular weight excluding hydrogens is 274 g/mol. The molecule has 1 heterocycles. The van der Waals surface area contributed by atoms with Crippen LogP contribution in [0.4, 0.5) is 0 Å². The fraction of sp³-hybridized carbons (Fsp3) is 0.429. The van der Waals surface area contributed by atoms with Crippen LogP contribution in [0, 0.1) is 5.92 Å². The minimum atomic E-state index is -0.435. The first kappa shape index (κ1) is 13.5. The van der Waals surface area contributed by atoms with Gasteiger partial charge in [0.15, 0.2) is 17.3 Å². The lowest BCUT2D eigenvalue weighted by Gasteiger charge is -2.20. The molecule has 1 amide bonds.